The highest BCUT2D eigenvalue weighted by Crippen LogP contribution is 2.28. The van der Waals surface area contributed by atoms with Crippen LogP contribution < -0.4 is 14.2 Å². The van der Waals surface area contributed by atoms with E-state index in [0.29, 0.717) is 23.0 Å². The molecule has 0 aliphatic rings. The molecule has 0 amide bonds. The predicted molar refractivity (Wildman–Crippen MR) is 89.0 cm³/mol. The molecule has 5 nitrogen and oxygen atoms in total. The minimum absolute atomic E-state index is 0.531. The first-order chi connectivity index (χ1) is 11.2. The molecule has 0 unspecified atom stereocenters. The van der Waals surface area contributed by atoms with Crippen molar-refractivity contribution in [3.05, 3.63) is 47.9 Å². The monoisotopic (exact) mass is 311 g/mol. The fourth-order valence-electron chi connectivity index (χ4n) is 2.25. The van der Waals surface area contributed by atoms with Crippen LogP contribution in [0, 0.1) is 0 Å². The second kappa shape index (κ2) is 6.44. The van der Waals surface area contributed by atoms with Crippen molar-refractivity contribution >= 4 is 23.3 Å². The van der Waals surface area contributed by atoms with Crippen LogP contribution in [0.5, 0.6) is 17.2 Å². The molecule has 3 rings (SSSR count). The standard InChI is InChI=1S/C18H17NO4/c1-20-13-6-7-14-16(11-13)23-18(19-14)9-5-12-4-8-15(21-2)17(10-12)22-3/h4-11H,1-3H3/b9-5+. The molecular formula is C18H17NO4. The van der Waals surface area contributed by atoms with E-state index in [-0.39, 0.29) is 0 Å². The first kappa shape index (κ1) is 15.0. The number of fused-ring (bicyclic) bond motifs is 1. The lowest BCUT2D eigenvalue weighted by atomic mass is 10.2. The molecule has 3 aromatic rings. The van der Waals surface area contributed by atoms with Gasteiger partial charge in [0.25, 0.3) is 0 Å². The van der Waals surface area contributed by atoms with Gasteiger partial charge >= 0.3 is 0 Å². The zero-order valence-electron chi connectivity index (χ0n) is 13.2. The molecule has 1 aromatic heterocycles. The van der Waals surface area contributed by atoms with Crippen LogP contribution in [0.15, 0.2) is 40.8 Å². The van der Waals surface area contributed by atoms with Crippen molar-refractivity contribution in [2.24, 2.45) is 0 Å². The first-order valence-corrected chi connectivity index (χ1v) is 7.08. The summed E-state index contributed by atoms with van der Waals surface area (Å²) >= 11 is 0. The molecule has 0 atom stereocenters. The number of benzene rings is 2. The molecule has 2 aromatic carbocycles. The van der Waals surface area contributed by atoms with Gasteiger partial charge in [-0.15, -0.1) is 0 Å². The van der Waals surface area contributed by atoms with E-state index in [9.17, 15) is 0 Å². The number of oxazole rings is 1. The number of methoxy groups -OCH3 is 3. The van der Waals surface area contributed by atoms with Crippen LogP contribution in [-0.2, 0) is 0 Å². The van der Waals surface area contributed by atoms with Crippen LogP contribution in [0.3, 0.4) is 0 Å². The quantitative estimate of drug-likeness (QED) is 0.712. The Kier molecular flexibility index (Phi) is 4.19. The molecular weight excluding hydrogens is 294 g/mol. The van der Waals surface area contributed by atoms with E-state index in [4.69, 9.17) is 18.6 Å². The summed E-state index contributed by atoms with van der Waals surface area (Å²) in [6.45, 7) is 0. The fourth-order valence-corrected chi connectivity index (χ4v) is 2.25. The van der Waals surface area contributed by atoms with E-state index in [2.05, 4.69) is 4.98 Å². The third-order valence-corrected chi connectivity index (χ3v) is 3.44. The smallest absolute Gasteiger partial charge is 0.220 e. The largest absolute Gasteiger partial charge is 0.497 e. The van der Waals surface area contributed by atoms with Gasteiger partial charge in [0.2, 0.25) is 5.89 Å². The summed E-state index contributed by atoms with van der Waals surface area (Å²) in [6.07, 6.45) is 3.72. The molecule has 0 fully saturated rings. The van der Waals surface area contributed by atoms with E-state index in [1.165, 1.54) is 0 Å². The van der Waals surface area contributed by atoms with Gasteiger partial charge in [0.05, 0.1) is 21.3 Å². The summed E-state index contributed by atoms with van der Waals surface area (Å²) < 4.78 is 21.4. The highest BCUT2D eigenvalue weighted by molar-refractivity contribution is 5.77. The maximum Gasteiger partial charge on any atom is 0.220 e. The Morgan fingerprint density at radius 1 is 0.870 bits per heavy atom. The number of ether oxygens (including phenoxy) is 3. The second-order valence-electron chi connectivity index (χ2n) is 4.83. The van der Waals surface area contributed by atoms with Crippen LogP contribution in [0.4, 0.5) is 0 Å². The number of aromatic nitrogens is 1. The van der Waals surface area contributed by atoms with Crippen LogP contribution in [0.25, 0.3) is 23.3 Å². The van der Waals surface area contributed by atoms with Crippen molar-refractivity contribution in [2.45, 2.75) is 0 Å². The van der Waals surface area contributed by atoms with Gasteiger partial charge in [-0.25, -0.2) is 4.98 Å². The van der Waals surface area contributed by atoms with Crippen LogP contribution in [-0.4, -0.2) is 26.3 Å². The Morgan fingerprint density at radius 3 is 2.43 bits per heavy atom. The normalized spacial score (nSPS) is 11.1. The van der Waals surface area contributed by atoms with E-state index in [1.807, 2.05) is 48.6 Å². The Hall–Kier alpha value is -2.95. The van der Waals surface area contributed by atoms with E-state index in [1.54, 1.807) is 21.3 Å². The highest BCUT2D eigenvalue weighted by Gasteiger charge is 2.05. The fraction of sp³-hybridized carbons (Fsp3) is 0.167. The second-order valence-corrected chi connectivity index (χ2v) is 4.83. The molecule has 0 radical (unpaired) electrons. The van der Waals surface area contributed by atoms with Gasteiger partial charge in [-0.05, 0) is 35.9 Å². The van der Waals surface area contributed by atoms with Gasteiger partial charge in [-0.2, -0.15) is 0 Å². The first-order valence-electron chi connectivity index (χ1n) is 7.08. The number of hydrogen-bond donors (Lipinski definition) is 0. The highest BCUT2D eigenvalue weighted by atomic mass is 16.5. The maximum absolute atomic E-state index is 5.70. The molecule has 0 bridgehead atoms. The van der Waals surface area contributed by atoms with Crippen molar-refractivity contribution in [1.82, 2.24) is 4.98 Å². The van der Waals surface area contributed by atoms with Gasteiger partial charge in [0.15, 0.2) is 17.1 Å². The summed E-state index contributed by atoms with van der Waals surface area (Å²) in [7, 11) is 4.84. The van der Waals surface area contributed by atoms with Crippen LogP contribution in [0.2, 0.25) is 0 Å². The summed E-state index contributed by atoms with van der Waals surface area (Å²) in [5, 5.41) is 0. The molecule has 5 heteroatoms. The van der Waals surface area contributed by atoms with Gasteiger partial charge in [0, 0.05) is 12.1 Å². The van der Waals surface area contributed by atoms with E-state index < -0.39 is 0 Å². The lowest BCUT2D eigenvalue weighted by Gasteiger charge is -2.07. The summed E-state index contributed by atoms with van der Waals surface area (Å²) in [6, 6.07) is 11.2. The summed E-state index contributed by atoms with van der Waals surface area (Å²) in [4.78, 5) is 4.41. The summed E-state index contributed by atoms with van der Waals surface area (Å²) in [5.41, 5.74) is 2.44. The average Bonchev–Trinajstić information content (AvgIpc) is 3.01. The Bertz CT molecular complexity index is 851. The summed E-state index contributed by atoms with van der Waals surface area (Å²) in [5.74, 6) is 2.64. The number of rotatable bonds is 5. The van der Waals surface area contributed by atoms with Gasteiger partial charge in [-0.3, -0.25) is 0 Å². The zero-order chi connectivity index (χ0) is 16.2. The van der Waals surface area contributed by atoms with Crippen molar-refractivity contribution in [1.29, 1.82) is 0 Å². The number of nitrogens with zero attached hydrogens (tertiary/aromatic N) is 1. The van der Waals surface area contributed by atoms with E-state index >= 15 is 0 Å². The molecule has 1 heterocycles. The molecule has 0 N–H and O–H groups in total. The minimum Gasteiger partial charge on any atom is -0.497 e. The Labute approximate surface area is 134 Å². The van der Waals surface area contributed by atoms with E-state index in [0.717, 1.165) is 16.8 Å². The molecule has 0 saturated carbocycles. The van der Waals surface area contributed by atoms with Gasteiger partial charge < -0.3 is 18.6 Å². The average molecular weight is 311 g/mol. The molecule has 0 aliphatic carbocycles. The molecule has 23 heavy (non-hydrogen) atoms. The predicted octanol–water partition coefficient (Wildman–Crippen LogP) is 4.02. The Balaban J connectivity index is 1.87. The topological polar surface area (TPSA) is 53.7 Å². The zero-order valence-corrected chi connectivity index (χ0v) is 13.2. The number of hydrogen-bond acceptors (Lipinski definition) is 5. The van der Waals surface area contributed by atoms with Crippen LogP contribution in [0.1, 0.15) is 11.5 Å². The van der Waals surface area contributed by atoms with Crippen LogP contribution >= 0.6 is 0 Å². The maximum atomic E-state index is 5.70. The van der Waals surface area contributed by atoms with Crippen molar-refractivity contribution < 1.29 is 18.6 Å². The molecule has 0 aliphatic heterocycles. The third kappa shape index (κ3) is 3.13. The minimum atomic E-state index is 0.531. The van der Waals surface area contributed by atoms with Crippen molar-refractivity contribution in [3.63, 3.8) is 0 Å². The van der Waals surface area contributed by atoms with Crippen molar-refractivity contribution in [3.8, 4) is 17.2 Å². The lowest BCUT2D eigenvalue weighted by Crippen LogP contribution is -1.90. The molecule has 0 spiro atoms. The SMILES string of the molecule is COc1ccc2nc(/C=C/c3ccc(OC)c(OC)c3)oc2c1. The van der Waals surface area contributed by atoms with Gasteiger partial charge in [0.1, 0.15) is 11.3 Å². The Morgan fingerprint density at radius 2 is 1.70 bits per heavy atom. The van der Waals surface area contributed by atoms with Gasteiger partial charge in [-0.1, -0.05) is 6.07 Å². The molecule has 118 valence electrons. The lowest BCUT2D eigenvalue weighted by molar-refractivity contribution is 0.355. The third-order valence-electron chi connectivity index (χ3n) is 3.44. The van der Waals surface area contributed by atoms with Crippen molar-refractivity contribution in [2.75, 3.05) is 21.3 Å². The molecule has 0 saturated heterocycles.